The van der Waals surface area contributed by atoms with E-state index in [9.17, 15) is 4.39 Å². The number of hydrogen-bond acceptors (Lipinski definition) is 3. The molecule has 0 aromatic carbocycles. The molecule has 0 unspecified atom stereocenters. The monoisotopic (exact) mass is 158 g/mol. The highest BCUT2D eigenvalue weighted by Crippen LogP contribution is 2.05. The summed E-state index contributed by atoms with van der Waals surface area (Å²) >= 11 is 0. The van der Waals surface area contributed by atoms with E-state index in [2.05, 4.69) is 10.3 Å². The molecule has 1 aromatic heterocycles. The van der Waals surface area contributed by atoms with E-state index in [4.69, 9.17) is 5.73 Å². The molecule has 1 atom stereocenters. The van der Waals surface area contributed by atoms with Gasteiger partial charge in [-0.1, -0.05) is 5.21 Å². The largest absolute Gasteiger partial charge is 0.323 e. The summed E-state index contributed by atoms with van der Waals surface area (Å²) in [5, 5.41) is 7.30. The summed E-state index contributed by atoms with van der Waals surface area (Å²) in [6, 6.07) is -0.142. The minimum Gasteiger partial charge on any atom is -0.323 e. The number of rotatable bonds is 3. The molecule has 0 radical (unpaired) electrons. The fourth-order valence-corrected chi connectivity index (χ4v) is 0.872. The molecule has 0 bridgehead atoms. The van der Waals surface area contributed by atoms with Crippen LogP contribution in [0.3, 0.4) is 0 Å². The maximum Gasteiger partial charge on any atom is 0.109 e. The van der Waals surface area contributed by atoms with Crippen molar-refractivity contribution >= 4 is 0 Å². The molecule has 0 spiro atoms. The fourth-order valence-electron chi connectivity index (χ4n) is 0.872. The van der Waals surface area contributed by atoms with Gasteiger partial charge in [0.1, 0.15) is 6.67 Å². The number of hydrogen-bond donors (Lipinski definition) is 1. The molecule has 62 valence electrons. The summed E-state index contributed by atoms with van der Waals surface area (Å²) in [6.45, 7) is 1.60. The summed E-state index contributed by atoms with van der Waals surface area (Å²) in [6.07, 6.45) is 1.56. The second kappa shape index (κ2) is 3.43. The second-order valence-electron chi connectivity index (χ2n) is 2.36. The first-order chi connectivity index (χ1) is 5.25. The molecule has 0 fully saturated rings. The van der Waals surface area contributed by atoms with Crippen LogP contribution < -0.4 is 5.73 Å². The first-order valence-corrected chi connectivity index (χ1v) is 3.45. The molecular formula is C6H11FN4. The summed E-state index contributed by atoms with van der Waals surface area (Å²) in [5.41, 5.74) is 6.33. The number of alkyl halides is 1. The van der Waals surface area contributed by atoms with Gasteiger partial charge in [-0.2, -0.15) is 0 Å². The fraction of sp³-hybridized carbons (Fsp3) is 0.667. The molecule has 0 aliphatic heterocycles. The van der Waals surface area contributed by atoms with Gasteiger partial charge in [-0.15, -0.1) is 5.10 Å². The number of nitrogens with zero attached hydrogens (tertiary/aromatic N) is 3. The van der Waals surface area contributed by atoms with E-state index in [-0.39, 0.29) is 12.6 Å². The molecule has 4 nitrogen and oxygen atoms in total. The third kappa shape index (κ3) is 1.74. The van der Waals surface area contributed by atoms with Crippen LogP contribution in [0, 0.1) is 0 Å². The van der Waals surface area contributed by atoms with E-state index in [1.165, 1.54) is 4.68 Å². The van der Waals surface area contributed by atoms with Gasteiger partial charge in [-0.05, 0) is 6.92 Å². The molecule has 0 aliphatic rings. The Morgan fingerprint density at radius 1 is 1.82 bits per heavy atom. The first-order valence-electron chi connectivity index (χ1n) is 3.45. The zero-order valence-corrected chi connectivity index (χ0v) is 6.37. The van der Waals surface area contributed by atoms with Crippen LogP contribution in [0.25, 0.3) is 0 Å². The van der Waals surface area contributed by atoms with Gasteiger partial charge in [0.05, 0.1) is 18.4 Å². The van der Waals surface area contributed by atoms with E-state index in [0.717, 1.165) is 5.69 Å². The van der Waals surface area contributed by atoms with E-state index < -0.39 is 6.67 Å². The average Bonchev–Trinajstić information content (AvgIpc) is 2.36. The van der Waals surface area contributed by atoms with E-state index in [0.29, 0.717) is 0 Å². The standard InChI is InChI=1S/C6H11FN4/c1-5(8)6-4-9-10-11(6)3-2-7/h4-5H,2-3,8H2,1H3/t5-/m0/s1. The summed E-state index contributed by atoms with van der Waals surface area (Å²) in [4.78, 5) is 0. The van der Waals surface area contributed by atoms with E-state index >= 15 is 0 Å². The van der Waals surface area contributed by atoms with Crippen molar-refractivity contribution in [2.24, 2.45) is 5.73 Å². The lowest BCUT2D eigenvalue weighted by molar-refractivity contribution is 0.411. The van der Waals surface area contributed by atoms with Crippen LogP contribution in [0.4, 0.5) is 4.39 Å². The smallest absolute Gasteiger partial charge is 0.109 e. The molecule has 2 N–H and O–H groups in total. The Kier molecular flexibility index (Phi) is 2.53. The van der Waals surface area contributed by atoms with Crippen molar-refractivity contribution in [3.63, 3.8) is 0 Å². The highest BCUT2D eigenvalue weighted by atomic mass is 19.1. The maximum absolute atomic E-state index is 11.9. The molecule has 1 rings (SSSR count). The van der Waals surface area contributed by atoms with Gasteiger partial charge in [-0.3, -0.25) is 0 Å². The Balaban J connectivity index is 2.78. The normalized spacial score (nSPS) is 13.4. The zero-order valence-electron chi connectivity index (χ0n) is 6.37. The van der Waals surface area contributed by atoms with Gasteiger partial charge in [-0.25, -0.2) is 9.07 Å². The molecule has 1 heterocycles. The van der Waals surface area contributed by atoms with Crippen LogP contribution in [0.15, 0.2) is 6.20 Å². The van der Waals surface area contributed by atoms with Crippen molar-refractivity contribution in [3.05, 3.63) is 11.9 Å². The summed E-state index contributed by atoms with van der Waals surface area (Å²) < 4.78 is 13.3. The van der Waals surface area contributed by atoms with Crippen LogP contribution in [0.2, 0.25) is 0 Å². The lowest BCUT2D eigenvalue weighted by Crippen LogP contribution is -2.14. The third-order valence-corrected chi connectivity index (χ3v) is 1.41. The Hall–Kier alpha value is -0.970. The van der Waals surface area contributed by atoms with Crippen LogP contribution in [0.1, 0.15) is 18.7 Å². The summed E-state index contributed by atoms with van der Waals surface area (Å²) in [7, 11) is 0. The minimum atomic E-state index is -0.441. The Bertz CT molecular complexity index is 220. The molecule has 5 heteroatoms. The minimum absolute atomic E-state index is 0.142. The Morgan fingerprint density at radius 2 is 2.55 bits per heavy atom. The Labute approximate surface area is 64.2 Å². The van der Waals surface area contributed by atoms with Gasteiger partial charge in [0.25, 0.3) is 0 Å². The van der Waals surface area contributed by atoms with Crippen molar-refractivity contribution in [3.8, 4) is 0 Å². The number of nitrogens with two attached hydrogens (primary N) is 1. The number of aromatic nitrogens is 3. The number of aryl methyl sites for hydroxylation is 1. The van der Waals surface area contributed by atoms with Crippen LogP contribution in [0.5, 0.6) is 0 Å². The molecule has 0 aliphatic carbocycles. The average molecular weight is 158 g/mol. The first kappa shape index (κ1) is 8.13. The molecule has 0 saturated carbocycles. The Morgan fingerprint density at radius 3 is 3.09 bits per heavy atom. The lowest BCUT2D eigenvalue weighted by atomic mass is 10.3. The predicted octanol–water partition coefficient (Wildman–Crippen LogP) is 0.267. The SMILES string of the molecule is C[C@H](N)c1cnnn1CCF. The van der Waals surface area contributed by atoms with Gasteiger partial charge in [0.15, 0.2) is 0 Å². The van der Waals surface area contributed by atoms with Gasteiger partial charge in [0.2, 0.25) is 0 Å². The van der Waals surface area contributed by atoms with Crippen molar-refractivity contribution in [1.82, 2.24) is 15.0 Å². The molecule has 11 heavy (non-hydrogen) atoms. The topological polar surface area (TPSA) is 56.7 Å². The summed E-state index contributed by atoms with van der Waals surface area (Å²) in [5.74, 6) is 0. The van der Waals surface area contributed by atoms with Gasteiger partial charge in [0, 0.05) is 6.04 Å². The predicted molar refractivity (Wildman–Crippen MR) is 38.6 cm³/mol. The van der Waals surface area contributed by atoms with Crippen molar-refractivity contribution in [1.29, 1.82) is 0 Å². The molecule has 0 saturated heterocycles. The quantitative estimate of drug-likeness (QED) is 0.686. The van der Waals surface area contributed by atoms with Crippen LogP contribution >= 0.6 is 0 Å². The maximum atomic E-state index is 11.9. The zero-order chi connectivity index (χ0) is 8.27. The van der Waals surface area contributed by atoms with E-state index in [1.807, 2.05) is 6.92 Å². The van der Waals surface area contributed by atoms with Crippen LogP contribution in [-0.4, -0.2) is 21.7 Å². The molecular weight excluding hydrogens is 147 g/mol. The second-order valence-corrected chi connectivity index (χ2v) is 2.36. The highest BCUT2D eigenvalue weighted by Gasteiger charge is 2.06. The van der Waals surface area contributed by atoms with Crippen molar-refractivity contribution < 1.29 is 4.39 Å². The molecule has 1 aromatic rings. The van der Waals surface area contributed by atoms with Gasteiger partial charge < -0.3 is 5.73 Å². The van der Waals surface area contributed by atoms with Crippen LogP contribution in [-0.2, 0) is 6.54 Å². The van der Waals surface area contributed by atoms with Gasteiger partial charge >= 0.3 is 0 Å². The van der Waals surface area contributed by atoms with Crippen molar-refractivity contribution in [2.45, 2.75) is 19.5 Å². The highest BCUT2D eigenvalue weighted by molar-refractivity contribution is 4.98. The molecule has 0 amide bonds. The number of halogens is 1. The third-order valence-electron chi connectivity index (χ3n) is 1.41. The van der Waals surface area contributed by atoms with Crippen molar-refractivity contribution in [2.75, 3.05) is 6.67 Å². The van der Waals surface area contributed by atoms with E-state index in [1.54, 1.807) is 6.20 Å². The lowest BCUT2D eigenvalue weighted by Gasteiger charge is -2.05.